The van der Waals surface area contributed by atoms with E-state index in [9.17, 15) is 0 Å². The normalized spacial score (nSPS) is 11.5. The van der Waals surface area contributed by atoms with Crippen LogP contribution in [0.5, 0.6) is 0 Å². The molecule has 0 fully saturated rings. The first kappa shape index (κ1) is 18.8. The highest BCUT2D eigenvalue weighted by atomic mass is 35.5. The van der Waals surface area contributed by atoms with Crippen molar-refractivity contribution in [3.8, 4) is 11.4 Å². The highest BCUT2D eigenvalue weighted by Crippen LogP contribution is 2.34. The van der Waals surface area contributed by atoms with Crippen LogP contribution >= 0.6 is 46.3 Å². The number of nitrogens with zero attached hydrogens (tertiary/aromatic N) is 3. The van der Waals surface area contributed by atoms with Crippen LogP contribution < -0.4 is 0 Å². The van der Waals surface area contributed by atoms with E-state index in [0.717, 1.165) is 22.3 Å². The van der Waals surface area contributed by atoms with Gasteiger partial charge in [0, 0.05) is 27.6 Å². The zero-order valence-corrected chi connectivity index (χ0v) is 17.7. The van der Waals surface area contributed by atoms with Gasteiger partial charge in [-0.05, 0) is 51.0 Å². The van der Waals surface area contributed by atoms with Gasteiger partial charge in [-0.25, -0.2) is 0 Å². The van der Waals surface area contributed by atoms with Gasteiger partial charge in [0.2, 0.25) is 0 Å². The van der Waals surface area contributed by atoms with E-state index < -0.39 is 0 Å². The van der Waals surface area contributed by atoms with Gasteiger partial charge in [-0.15, -0.1) is 21.5 Å². The van der Waals surface area contributed by atoms with Crippen LogP contribution in [0, 0.1) is 13.8 Å². The van der Waals surface area contributed by atoms with E-state index >= 15 is 0 Å². The molecule has 0 radical (unpaired) electrons. The summed E-state index contributed by atoms with van der Waals surface area (Å²) in [5.41, 5.74) is 3.56. The SMILES string of the molecule is Cc1scc(-c2nnc(SCc3ccc(Cl)c(Cl)c3)n2C(C)C)c1C. The molecule has 3 aromatic rings. The Bertz CT molecular complexity index is 900. The maximum atomic E-state index is 6.11. The molecule has 0 aliphatic heterocycles. The Balaban J connectivity index is 1.89. The van der Waals surface area contributed by atoms with Crippen LogP contribution in [0.25, 0.3) is 11.4 Å². The fourth-order valence-electron chi connectivity index (χ4n) is 2.54. The van der Waals surface area contributed by atoms with E-state index in [1.807, 2.05) is 18.2 Å². The quantitative estimate of drug-likeness (QED) is 0.432. The molecule has 0 aliphatic carbocycles. The van der Waals surface area contributed by atoms with E-state index in [1.54, 1.807) is 23.1 Å². The predicted octanol–water partition coefficient (Wildman–Crippen LogP) is 6.80. The van der Waals surface area contributed by atoms with Crippen LogP contribution in [0.4, 0.5) is 0 Å². The first-order valence-electron chi connectivity index (χ1n) is 7.95. The minimum atomic E-state index is 0.279. The van der Waals surface area contributed by atoms with Gasteiger partial charge in [-0.1, -0.05) is 41.0 Å². The van der Waals surface area contributed by atoms with Crippen molar-refractivity contribution in [1.82, 2.24) is 14.8 Å². The molecule has 0 unspecified atom stereocenters. The summed E-state index contributed by atoms with van der Waals surface area (Å²) in [5.74, 6) is 1.71. The van der Waals surface area contributed by atoms with Crippen LogP contribution in [0.1, 0.15) is 35.9 Å². The largest absolute Gasteiger partial charge is 0.299 e. The molecule has 3 nitrogen and oxygen atoms in total. The molecule has 7 heteroatoms. The van der Waals surface area contributed by atoms with Crippen LogP contribution in [-0.4, -0.2) is 14.8 Å². The first-order chi connectivity index (χ1) is 11.9. The Morgan fingerprint density at radius 3 is 2.52 bits per heavy atom. The monoisotopic (exact) mass is 411 g/mol. The van der Waals surface area contributed by atoms with Gasteiger partial charge in [0.25, 0.3) is 0 Å². The lowest BCUT2D eigenvalue weighted by molar-refractivity contribution is 0.555. The average molecular weight is 412 g/mol. The fraction of sp³-hybridized carbons (Fsp3) is 0.333. The molecular formula is C18H19Cl2N3S2. The Hall–Kier alpha value is -1.01. The highest BCUT2D eigenvalue weighted by Gasteiger charge is 2.19. The molecule has 0 spiro atoms. The van der Waals surface area contributed by atoms with Crippen LogP contribution in [0.15, 0.2) is 28.7 Å². The second kappa shape index (κ2) is 7.70. The lowest BCUT2D eigenvalue weighted by atomic mass is 10.1. The number of halogens is 2. The van der Waals surface area contributed by atoms with E-state index in [4.69, 9.17) is 23.2 Å². The van der Waals surface area contributed by atoms with Crippen molar-refractivity contribution < 1.29 is 0 Å². The van der Waals surface area contributed by atoms with Crippen LogP contribution in [-0.2, 0) is 5.75 Å². The van der Waals surface area contributed by atoms with Gasteiger partial charge in [0.15, 0.2) is 11.0 Å². The molecule has 3 rings (SSSR count). The maximum absolute atomic E-state index is 6.11. The molecule has 0 saturated carbocycles. The average Bonchev–Trinajstić information content (AvgIpc) is 3.13. The Labute approximate surface area is 166 Å². The number of thiophene rings is 1. The van der Waals surface area contributed by atoms with Crippen molar-refractivity contribution in [2.24, 2.45) is 0 Å². The molecule has 1 aromatic carbocycles. The predicted molar refractivity (Wildman–Crippen MR) is 109 cm³/mol. The first-order valence-corrected chi connectivity index (χ1v) is 10.6. The minimum Gasteiger partial charge on any atom is -0.299 e. The second-order valence-corrected chi connectivity index (χ2v) is 8.98. The van der Waals surface area contributed by atoms with Gasteiger partial charge < -0.3 is 0 Å². The van der Waals surface area contributed by atoms with Crippen molar-refractivity contribution >= 4 is 46.3 Å². The third-order valence-electron chi connectivity index (χ3n) is 4.06. The molecule has 0 atom stereocenters. The van der Waals surface area contributed by atoms with E-state index in [2.05, 4.69) is 47.8 Å². The zero-order chi connectivity index (χ0) is 18.1. The smallest absolute Gasteiger partial charge is 0.192 e. The summed E-state index contributed by atoms with van der Waals surface area (Å²) in [4.78, 5) is 1.32. The Morgan fingerprint density at radius 1 is 1.16 bits per heavy atom. The van der Waals surface area contributed by atoms with Crippen molar-refractivity contribution in [2.45, 2.75) is 44.6 Å². The number of hydrogen-bond donors (Lipinski definition) is 0. The number of rotatable bonds is 5. The minimum absolute atomic E-state index is 0.279. The summed E-state index contributed by atoms with van der Waals surface area (Å²) < 4.78 is 2.21. The molecule has 0 bridgehead atoms. The standard InChI is InChI=1S/C18H19Cl2N3S2/c1-10(2)23-17(14-9-24-12(4)11(14)3)21-22-18(23)25-8-13-5-6-15(19)16(20)7-13/h5-7,9-10H,8H2,1-4H3. The molecule has 0 saturated heterocycles. The van der Waals surface area contributed by atoms with Crippen LogP contribution in [0.3, 0.4) is 0 Å². The Morgan fingerprint density at radius 2 is 1.92 bits per heavy atom. The lowest BCUT2D eigenvalue weighted by Crippen LogP contribution is -2.05. The highest BCUT2D eigenvalue weighted by molar-refractivity contribution is 7.98. The number of thioether (sulfide) groups is 1. The topological polar surface area (TPSA) is 30.7 Å². The maximum Gasteiger partial charge on any atom is 0.192 e. The van der Waals surface area contributed by atoms with E-state index in [1.165, 1.54) is 16.0 Å². The summed E-state index contributed by atoms with van der Waals surface area (Å²) in [6.45, 7) is 8.60. The van der Waals surface area contributed by atoms with E-state index in [0.29, 0.717) is 10.0 Å². The van der Waals surface area contributed by atoms with Gasteiger partial charge in [0.05, 0.1) is 10.0 Å². The zero-order valence-electron chi connectivity index (χ0n) is 14.5. The number of benzene rings is 1. The number of hydrogen-bond acceptors (Lipinski definition) is 4. The second-order valence-electron chi connectivity index (χ2n) is 6.14. The van der Waals surface area contributed by atoms with Gasteiger partial charge in [0.1, 0.15) is 0 Å². The molecule has 0 N–H and O–H groups in total. The van der Waals surface area contributed by atoms with Gasteiger partial charge in [-0.3, -0.25) is 4.57 Å². The number of aryl methyl sites for hydroxylation is 1. The third-order valence-corrected chi connectivity index (χ3v) is 6.83. The van der Waals surface area contributed by atoms with Crippen LogP contribution in [0.2, 0.25) is 10.0 Å². The third kappa shape index (κ3) is 3.90. The van der Waals surface area contributed by atoms with Crippen molar-refractivity contribution in [2.75, 3.05) is 0 Å². The van der Waals surface area contributed by atoms with Gasteiger partial charge in [-0.2, -0.15) is 0 Å². The summed E-state index contributed by atoms with van der Waals surface area (Å²) in [7, 11) is 0. The molecule has 2 aromatic heterocycles. The Kier molecular flexibility index (Phi) is 5.78. The number of aromatic nitrogens is 3. The van der Waals surface area contributed by atoms with Crippen molar-refractivity contribution in [3.05, 3.63) is 49.6 Å². The lowest BCUT2D eigenvalue weighted by Gasteiger charge is -2.14. The van der Waals surface area contributed by atoms with E-state index in [-0.39, 0.29) is 6.04 Å². The summed E-state index contributed by atoms with van der Waals surface area (Å²) in [6, 6.07) is 6.00. The van der Waals surface area contributed by atoms with Gasteiger partial charge >= 0.3 is 0 Å². The molecule has 2 heterocycles. The van der Waals surface area contributed by atoms with Crippen molar-refractivity contribution in [3.63, 3.8) is 0 Å². The molecule has 132 valence electrons. The molecular weight excluding hydrogens is 393 g/mol. The fourth-order valence-corrected chi connectivity index (χ4v) is 4.73. The molecule has 0 amide bonds. The van der Waals surface area contributed by atoms with Crippen molar-refractivity contribution in [1.29, 1.82) is 0 Å². The molecule has 0 aliphatic rings. The summed E-state index contributed by atoms with van der Waals surface area (Å²) in [6.07, 6.45) is 0. The molecule has 25 heavy (non-hydrogen) atoms. The summed E-state index contributed by atoms with van der Waals surface area (Å²) >= 11 is 15.5. The summed E-state index contributed by atoms with van der Waals surface area (Å²) in [5, 5.41) is 13.2.